The second-order valence-corrected chi connectivity index (χ2v) is 5.42. The molecular formula is C14H12Cl3N. The van der Waals surface area contributed by atoms with E-state index in [1.165, 1.54) is 0 Å². The zero-order valence-corrected chi connectivity index (χ0v) is 12.0. The van der Waals surface area contributed by atoms with Gasteiger partial charge in [-0.2, -0.15) is 0 Å². The normalized spacial score (nSPS) is 12.5. The van der Waals surface area contributed by atoms with Crippen LogP contribution in [-0.4, -0.2) is 0 Å². The first-order valence-corrected chi connectivity index (χ1v) is 6.59. The summed E-state index contributed by atoms with van der Waals surface area (Å²) in [5, 5.41) is 1.93. The van der Waals surface area contributed by atoms with Gasteiger partial charge in [0, 0.05) is 15.1 Å². The Morgan fingerprint density at radius 2 is 1.50 bits per heavy atom. The maximum absolute atomic E-state index is 6.25. The summed E-state index contributed by atoms with van der Waals surface area (Å²) in [6.07, 6.45) is 0. The van der Waals surface area contributed by atoms with Gasteiger partial charge in [0.15, 0.2) is 0 Å². The van der Waals surface area contributed by atoms with Crippen molar-refractivity contribution in [1.29, 1.82) is 0 Å². The van der Waals surface area contributed by atoms with E-state index in [-0.39, 0.29) is 6.04 Å². The van der Waals surface area contributed by atoms with Crippen molar-refractivity contribution in [2.75, 3.05) is 0 Å². The maximum Gasteiger partial charge on any atom is 0.0569 e. The largest absolute Gasteiger partial charge is 0.320 e. The molecule has 1 nitrogen and oxygen atoms in total. The molecule has 0 spiro atoms. The second-order valence-electron chi connectivity index (χ2n) is 4.14. The zero-order valence-electron chi connectivity index (χ0n) is 9.75. The minimum atomic E-state index is -0.312. The van der Waals surface area contributed by atoms with Crippen molar-refractivity contribution in [1.82, 2.24) is 0 Å². The highest BCUT2D eigenvalue weighted by molar-refractivity contribution is 6.33. The van der Waals surface area contributed by atoms with Crippen LogP contribution in [0, 0.1) is 6.92 Å². The topological polar surface area (TPSA) is 26.0 Å². The lowest BCUT2D eigenvalue weighted by atomic mass is 9.96. The summed E-state index contributed by atoms with van der Waals surface area (Å²) in [4.78, 5) is 0. The maximum atomic E-state index is 6.25. The van der Waals surface area contributed by atoms with Gasteiger partial charge in [0.25, 0.3) is 0 Å². The molecule has 0 heterocycles. The highest BCUT2D eigenvalue weighted by Crippen LogP contribution is 2.31. The molecule has 1 atom stereocenters. The van der Waals surface area contributed by atoms with Gasteiger partial charge in [0.1, 0.15) is 0 Å². The van der Waals surface area contributed by atoms with E-state index in [4.69, 9.17) is 40.5 Å². The van der Waals surface area contributed by atoms with Crippen molar-refractivity contribution in [3.8, 4) is 0 Å². The lowest BCUT2D eigenvalue weighted by molar-refractivity contribution is 0.862. The molecule has 94 valence electrons. The fraction of sp³-hybridized carbons (Fsp3) is 0.143. The Morgan fingerprint density at radius 3 is 2.17 bits per heavy atom. The van der Waals surface area contributed by atoms with Gasteiger partial charge in [-0.15, -0.1) is 0 Å². The molecular weight excluding hydrogens is 289 g/mol. The Morgan fingerprint density at radius 1 is 0.889 bits per heavy atom. The number of rotatable bonds is 2. The Balaban J connectivity index is 2.47. The average molecular weight is 301 g/mol. The Bertz CT molecular complexity index is 581. The fourth-order valence-electron chi connectivity index (χ4n) is 1.91. The van der Waals surface area contributed by atoms with Crippen LogP contribution >= 0.6 is 34.8 Å². The van der Waals surface area contributed by atoms with Gasteiger partial charge in [-0.25, -0.2) is 0 Å². The number of halogens is 3. The Kier molecular flexibility index (Phi) is 4.18. The number of nitrogens with two attached hydrogens (primary N) is 1. The van der Waals surface area contributed by atoms with E-state index < -0.39 is 0 Å². The Hall–Kier alpha value is -0.730. The number of hydrogen-bond acceptors (Lipinski definition) is 1. The van der Waals surface area contributed by atoms with Crippen molar-refractivity contribution in [3.63, 3.8) is 0 Å². The number of aryl methyl sites for hydroxylation is 1. The van der Waals surface area contributed by atoms with Crippen molar-refractivity contribution >= 4 is 34.8 Å². The summed E-state index contributed by atoms with van der Waals surface area (Å²) in [6, 6.07) is 10.6. The van der Waals surface area contributed by atoms with Crippen LogP contribution in [-0.2, 0) is 0 Å². The molecule has 0 fully saturated rings. The molecule has 0 saturated heterocycles. The molecule has 0 aliphatic carbocycles. The third-order valence-corrected chi connectivity index (χ3v) is 3.67. The quantitative estimate of drug-likeness (QED) is 0.829. The number of hydrogen-bond donors (Lipinski definition) is 1. The molecule has 0 amide bonds. The van der Waals surface area contributed by atoms with Gasteiger partial charge < -0.3 is 5.73 Å². The first-order chi connectivity index (χ1) is 8.49. The SMILES string of the molecule is Cc1cc(Cl)ccc1C(N)c1cc(Cl)ccc1Cl. The minimum absolute atomic E-state index is 0.312. The predicted octanol–water partition coefficient (Wildman–Crippen LogP) is 5.00. The zero-order chi connectivity index (χ0) is 13.3. The van der Waals surface area contributed by atoms with Crippen LogP contribution in [0.5, 0.6) is 0 Å². The first kappa shape index (κ1) is 13.7. The highest BCUT2D eigenvalue weighted by Gasteiger charge is 2.15. The monoisotopic (exact) mass is 299 g/mol. The third kappa shape index (κ3) is 2.81. The molecule has 2 aromatic carbocycles. The van der Waals surface area contributed by atoms with Crippen LogP contribution in [0.25, 0.3) is 0 Å². The van der Waals surface area contributed by atoms with Crippen LogP contribution in [0.1, 0.15) is 22.7 Å². The van der Waals surface area contributed by atoms with E-state index in [0.29, 0.717) is 15.1 Å². The van der Waals surface area contributed by atoms with Crippen LogP contribution in [0.3, 0.4) is 0 Å². The molecule has 0 radical (unpaired) electrons. The lowest BCUT2D eigenvalue weighted by Crippen LogP contribution is -2.13. The van der Waals surface area contributed by atoms with E-state index in [2.05, 4.69) is 0 Å². The van der Waals surface area contributed by atoms with Crippen molar-refractivity contribution in [2.24, 2.45) is 5.73 Å². The van der Waals surface area contributed by atoms with Crippen molar-refractivity contribution in [3.05, 3.63) is 68.2 Å². The molecule has 0 aliphatic rings. The Labute approximate surface area is 121 Å². The molecule has 4 heteroatoms. The third-order valence-electron chi connectivity index (χ3n) is 2.86. The van der Waals surface area contributed by atoms with Gasteiger partial charge in [-0.1, -0.05) is 40.9 Å². The van der Waals surface area contributed by atoms with E-state index in [0.717, 1.165) is 16.7 Å². The fourth-order valence-corrected chi connectivity index (χ4v) is 2.55. The molecule has 18 heavy (non-hydrogen) atoms. The van der Waals surface area contributed by atoms with Crippen LogP contribution in [0.4, 0.5) is 0 Å². The first-order valence-electron chi connectivity index (χ1n) is 5.45. The van der Waals surface area contributed by atoms with E-state index in [1.54, 1.807) is 18.2 Å². The van der Waals surface area contributed by atoms with E-state index in [1.807, 2.05) is 25.1 Å². The standard InChI is InChI=1S/C14H12Cl3N/c1-8-6-9(15)2-4-11(8)14(18)12-7-10(16)3-5-13(12)17/h2-7,14H,18H2,1H3. The summed E-state index contributed by atoms with van der Waals surface area (Å²) in [7, 11) is 0. The van der Waals surface area contributed by atoms with Crippen LogP contribution < -0.4 is 5.73 Å². The van der Waals surface area contributed by atoms with Crippen LogP contribution in [0.15, 0.2) is 36.4 Å². The van der Waals surface area contributed by atoms with Gasteiger partial charge >= 0.3 is 0 Å². The van der Waals surface area contributed by atoms with Crippen molar-refractivity contribution < 1.29 is 0 Å². The minimum Gasteiger partial charge on any atom is -0.320 e. The molecule has 0 saturated carbocycles. The summed E-state index contributed by atoms with van der Waals surface area (Å²) >= 11 is 18.1. The molecule has 0 aromatic heterocycles. The van der Waals surface area contributed by atoms with Gasteiger partial charge in [0.05, 0.1) is 6.04 Å². The molecule has 0 aliphatic heterocycles. The summed E-state index contributed by atoms with van der Waals surface area (Å²) in [6.45, 7) is 1.97. The molecule has 1 unspecified atom stereocenters. The number of benzene rings is 2. The highest BCUT2D eigenvalue weighted by atomic mass is 35.5. The lowest BCUT2D eigenvalue weighted by Gasteiger charge is -2.17. The molecule has 2 aromatic rings. The summed E-state index contributed by atoms with van der Waals surface area (Å²) in [5.74, 6) is 0. The van der Waals surface area contributed by atoms with E-state index >= 15 is 0 Å². The van der Waals surface area contributed by atoms with Crippen molar-refractivity contribution in [2.45, 2.75) is 13.0 Å². The smallest absolute Gasteiger partial charge is 0.0569 e. The van der Waals surface area contributed by atoms with E-state index in [9.17, 15) is 0 Å². The summed E-state index contributed by atoms with van der Waals surface area (Å²) in [5.41, 5.74) is 9.09. The average Bonchev–Trinajstić information content (AvgIpc) is 2.31. The van der Waals surface area contributed by atoms with Gasteiger partial charge in [-0.3, -0.25) is 0 Å². The summed E-state index contributed by atoms with van der Waals surface area (Å²) < 4.78 is 0. The van der Waals surface area contributed by atoms with Crippen LogP contribution in [0.2, 0.25) is 15.1 Å². The predicted molar refractivity (Wildman–Crippen MR) is 78.7 cm³/mol. The molecule has 2 rings (SSSR count). The molecule has 0 bridgehead atoms. The van der Waals surface area contributed by atoms with Gasteiger partial charge in [0.2, 0.25) is 0 Å². The molecule has 2 N–H and O–H groups in total. The second kappa shape index (κ2) is 5.50. The van der Waals surface area contributed by atoms with Gasteiger partial charge in [-0.05, 0) is 53.9 Å².